The zero-order valence-corrected chi connectivity index (χ0v) is 21.0. The maximum absolute atomic E-state index is 13.4. The fraction of sp³-hybridized carbons (Fsp3) is 0.483. The number of fused-ring (bicyclic) bond motifs is 1. The molecular formula is C29H31N3O2S. The van der Waals surface area contributed by atoms with E-state index in [1.165, 1.54) is 44.1 Å². The summed E-state index contributed by atoms with van der Waals surface area (Å²) in [5, 5.41) is 26.9. The number of hydrogen-bond donors (Lipinski definition) is 1. The topological polar surface area (TPSA) is 85.9 Å². The first-order valence-electron chi connectivity index (χ1n) is 12.8. The lowest BCUT2D eigenvalue weighted by Gasteiger charge is -2.38. The van der Waals surface area contributed by atoms with Gasteiger partial charge in [-0.05, 0) is 54.0 Å². The highest BCUT2D eigenvalue weighted by molar-refractivity contribution is 7.17. The number of benzene rings is 1. The third-order valence-electron chi connectivity index (χ3n) is 8.04. The minimum Gasteiger partial charge on any atom is -0.466 e. The van der Waals surface area contributed by atoms with Gasteiger partial charge in [0.25, 0.3) is 0 Å². The van der Waals surface area contributed by atoms with Crippen LogP contribution in [0.3, 0.4) is 0 Å². The van der Waals surface area contributed by atoms with Crippen LogP contribution in [0, 0.1) is 34.5 Å². The Morgan fingerprint density at radius 2 is 1.63 bits per heavy atom. The summed E-state index contributed by atoms with van der Waals surface area (Å²) in [6, 6.07) is 10.5. The predicted molar refractivity (Wildman–Crippen MR) is 137 cm³/mol. The Labute approximate surface area is 211 Å². The number of thiophene rings is 1. The summed E-state index contributed by atoms with van der Waals surface area (Å²) >= 11 is 1.52. The third kappa shape index (κ3) is 4.26. The van der Waals surface area contributed by atoms with Crippen molar-refractivity contribution < 1.29 is 9.53 Å². The predicted octanol–water partition coefficient (Wildman–Crippen LogP) is 6.83. The standard InChI is InChI=1S/C29H31N3O2S/c1-34-29(33)25-24(23-17-35-28-20(15-30)13-8-14-21(23)28)22(16-31)26(18-9-4-2-5-10-18)32-27(25)19-11-6-3-7-12-19/h8,13-14,17-19,24,32H,2-7,9-12H2,1H3. The zero-order chi connectivity index (χ0) is 24.4. The van der Waals surface area contributed by atoms with Crippen LogP contribution in [0.25, 0.3) is 10.1 Å². The number of hydrogen-bond acceptors (Lipinski definition) is 6. The van der Waals surface area contributed by atoms with Crippen molar-refractivity contribution in [2.24, 2.45) is 11.8 Å². The van der Waals surface area contributed by atoms with Crippen molar-refractivity contribution in [1.82, 2.24) is 5.32 Å². The van der Waals surface area contributed by atoms with Gasteiger partial charge in [-0.1, -0.05) is 50.7 Å². The average Bonchev–Trinajstić information content (AvgIpc) is 3.36. The Morgan fingerprint density at radius 1 is 0.971 bits per heavy atom. The van der Waals surface area contributed by atoms with E-state index in [9.17, 15) is 15.3 Å². The largest absolute Gasteiger partial charge is 0.466 e. The molecule has 0 spiro atoms. The van der Waals surface area contributed by atoms with Gasteiger partial charge in [-0.15, -0.1) is 11.3 Å². The molecule has 1 aromatic heterocycles. The number of carbonyl (C=O) groups excluding carboxylic acids is 1. The fourth-order valence-electron chi connectivity index (χ4n) is 6.32. The van der Waals surface area contributed by atoms with Crippen LogP contribution in [-0.2, 0) is 9.53 Å². The molecule has 2 aromatic rings. The highest BCUT2D eigenvalue weighted by Gasteiger charge is 2.41. The molecule has 0 bridgehead atoms. The Balaban J connectivity index is 1.76. The number of esters is 1. The first-order chi connectivity index (χ1) is 17.2. The van der Waals surface area contributed by atoms with E-state index in [0.29, 0.717) is 22.6 Å². The molecule has 1 aromatic carbocycles. The molecule has 6 heteroatoms. The lowest BCUT2D eigenvalue weighted by Crippen LogP contribution is -2.37. The third-order valence-corrected chi connectivity index (χ3v) is 9.09. The highest BCUT2D eigenvalue weighted by Crippen LogP contribution is 2.48. The first-order valence-corrected chi connectivity index (χ1v) is 13.7. The number of allylic oxidation sites excluding steroid dienone is 3. The normalized spacial score (nSPS) is 22.0. The average molecular weight is 486 g/mol. The van der Waals surface area contributed by atoms with Gasteiger partial charge < -0.3 is 10.1 Å². The summed E-state index contributed by atoms with van der Waals surface area (Å²) < 4.78 is 6.26. The maximum atomic E-state index is 13.4. The molecule has 3 aliphatic rings. The van der Waals surface area contributed by atoms with E-state index < -0.39 is 5.92 Å². The Morgan fingerprint density at radius 3 is 2.23 bits per heavy atom. The molecule has 5 nitrogen and oxygen atoms in total. The van der Waals surface area contributed by atoms with Gasteiger partial charge in [-0.25, -0.2) is 4.79 Å². The Bertz CT molecular complexity index is 1280. The number of ether oxygens (including phenoxy) is 1. The van der Waals surface area contributed by atoms with Crippen LogP contribution >= 0.6 is 11.3 Å². The molecule has 2 saturated carbocycles. The van der Waals surface area contributed by atoms with Gasteiger partial charge in [0.1, 0.15) is 6.07 Å². The summed E-state index contributed by atoms with van der Waals surface area (Å²) in [6.07, 6.45) is 11.3. The van der Waals surface area contributed by atoms with Crippen molar-refractivity contribution in [1.29, 1.82) is 10.5 Å². The SMILES string of the molecule is COC(=O)C1=C(C2CCCCC2)NC(C2CCCCC2)=C(C#N)C1c1csc2c(C#N)cccc12. The van der Waals surface area contributed by atoms with Gasteiger partial charge >= 0.3 is 5.97 Å². The lowest BCUT2D eigenvalue weighted by atomic mass is 9.73. The van der Waals surface area contributed by atoms with Gasteiger partial charge in [-0.3, -0.25) is 0 Å². The van der Waals surface area contributed by atoms with Crippen LogP contribution in [0.1, 0.15) is 81.3 Å². The highest BCUT2D eigenvalue weighted by atomic mass is 32.1. The van der Waals surface area contributed by atoms with Crippen LogP contribution in [0.15, 0.2) is 46.1 Å². The van der Waals surface area contributed by atoms with Crippen molar-refractivity contribution in [2.75, 3.05) is 7.11 Å². The Hall–Kier alpha value is -3.09. The zero-order valence-electron chi connectivity index (χ0n) is 20.2. The molecule has 5 rings (SSSR count). The molecule has 2 aliphatic carbocycles. The van der Waals surface area contributed by atoms with E-state index in [1.54, 1.807) is 0 Å². The molecule has 0 saturated heterocycles. The molecule has 0 amide bonds. The summed E-state index contributed by atoms with van der Waals surface area (Å²) in [5.74, 6) is -0.281. The second kappa shape index (κ2) is 10.3. The van der Waals surface area contributed by atoms with E-state index in [-0.39, 0.29) is 11.9 Å². The quantitative estimate of drug-likeness (QED) is 0.480. The van der Waals surface area contributed by atoms with Crippen molar-refractivity contribution in [3.05, 3.63) is 57.2 Å². The molecule has 1 N–H and O–H groups in total. The van der Waals surface area contributed by atoms with E-state index >= 15 is 0 Å². The molecule has 0 radical (unpaired) electrons. The first kappa shape index (κ1) is 23.6. The van der Waals surface area contributed by atoms with Gasteiger partial charge in [0.15, 0.2) is 0 Å². The summed E-state index contributed by atoms with van der Waals surface area (Å²) in [4.78, 5) is 13.4. The number of carbonyl (C=O) groups is 1. The van der Waals surface area contributed by atoms with E-state index in [2.05, 4.69) is 17.5 Å². The fourth-order valence-corrected chi connectivity index (χ4v) is 7.39. The van der Waals surface area contributed by atoms with E-state index in [0.717, 1.165) is 65.6 Å². The van der Waals surface area contributed by atoms with E-state index in [4.69, 9.17) is 4.74 Å². The van der Waals surface area contributed by atoms with Crippen LogP contribution in [0.5, 0.6) is 0 Å². The molecule has 1 atom stereocenters. The van der Waals surface area contributed by atoms with Crippen molar-refractivity contribution in [3.63, 3.8) is 0 Å². The molecular weight excluding hydrogens is 454 g/mol. The van der Waals surface area contributed by atoms with Crippen molar-refractivity contribution in [2.45, 2.75) is 70.1 Å². The van der Waals surface area contributed by atoms with Gasteiger partial charge in [0, 0.05) is 17.3 Å². The minimum absolute atomic E-state index is 0.263. The van der Waals surface area contributed by atoms with Crippen molar-refractivity contribution in [3.8, 4) is 12.1 Å². The van der Waals surface area contributed by atoms with Crippen LogP contribution < -0.4 is 5.32 Å². The Kier molecular flexibility index (Phi) is 6.93. The summed E-state index contributed by atoms with van der Waals surface area (Å²) in [6.45, 7) is 0. The molecule has 35 heavy (non-hydrogen) atoms. The second-order valence-corrected chi connectivity index (χ2v) is 10.9. The molecule has 2 heterocycles. The van der Waals surface area contributed by atoms with Crippen LogP contribution in [-0.4, -0.2) is 13.1 Å². The number of rotatable bonds is 4. The molecule has 1 aliphatic heterocycles. The molecule has 1 unspecified atom stereocenters. The van der Waals surface area contributed by atoms with Gasteiger partial charge in [-0.2, -0.15) is 10.5 Å². The number of nitrogens with one attached hydrogen (secondary N) is 1. The summed E-state index contributed by atoms with van der Waals surface area (Å²) in [7, 11) is 1.43. The van der Waals surface area contributed by atoms with E-state index in [1.807, 2.05) is 23.6 Å². The van der Waals surface area contributed by atoms with Crippen LogP contribution in [0.4, 0.5) is 0 Å². The monoisotopic (exact) mass is 485 g/mol. The lowest BCUT2D eigenvalue weighted by molar-refractivity contribution is -0.136. The molecule has 2 fully saturated rings. The van der Waals surface area contributed by atoms with Gasteiger partial charge in [0.05, 0.1) is 40.5 Å². The number of nitrogens with zero attached hydrogens (tertiary/aromatic N) is 2. The number of dihydropyridines is 1. The number of methoxy groups -OCH3 is 1. The second-order valence-electron chi connectivity index (χ2n) is 9.97. The molecule has 180 valence electrons. The smallest absolute Gasteiger partial charge is 0.336 e. The van der Waals surface area contributed by atoms with Gasteiger partial charge in [0.2, 0.25) is 0 Å². The summed E-state index contributed by atoms with van der Waals surface area (Å²) in [5.41, 5.74) is 4.76. The number of nitriles is 2. The van der Waals surface area contributed by atoms with Crippen LogP contribution in [0.2, 0.25) is 0 Å². The van der Waals surface area contributed by atoms with Crippen molar-refractivity contribution >= 4 is 27.4 Å². The minimum atomic E-state index is -0.481. The maximum Gasteiger partial charge on any atom is 0.336 e.